The highest BCUT2D eigenvalue weighted by molar-refractivity contribution is 9.09. The molecule has 0 saturated carbocycles. The Kier molecular flexibility index (Phi) is 5.19. The molecule has 0 spiro atoms. The Hall–Kier alpha value is -1.04. The molecular formula is C12H13BrF3NO. The van der Waals surface area contributed by atoms with E-state index in [1.165, 1.54) is 0 Å². The number of hydrogen-bond donors (Lipinski definition) is 1. The number of hydrogen-bond acceptors (Lipinski definition) is 1. The second kappa shape index (κ2) is 6.22. The second-order valence-corrected chi connectivity index (χ2v) is 5.39. The monoisotopic (exact) mass is 323 g/mol. The molecule has 1 rings (SSSR count). The van der Waals surface area contributed by atoms with Crippen molar-refractivity contribution in [3.63, 3.8) is 0 Å². The average molecular weight is 324 g/mol. The zero-order chi connectivity index (χ0) is 13.9. The molecule has 100 valence electrons. The molecule has 1 N–H and O–H groups in total. The van der Waals surface area contributed by atoms with Crippen molar-refractivity contribution in [2.24, 2.45) is 5.92 Å². The molecule has 1 unspecified atom stereocenters. The Balaban J connectivity index is 2.79. The van der Waals surface area contributed by atoms with Crippen LogP contribution in [0.4, 0.5) is 13.2 Å². The molecule has 1 atom stereocenters. The van der Waals surface area contributed by atoms with Gasteiger partial charge in [0.05, 0.1) is 0 Å². The number of carbonyl (C=O) groups excluding carboxylic acids is 1. The lowest BCUT2D eigenvalue weighted by atomic mass is 10.1. The minimum absolute atomic E-state index is 0.00646. The molecule has 0 saturated heterocycles. The maximum Gasteiger partial charge on any atom is 0.257 e. The minimum Gasteiger partial charge on any atom is -0.351 e. The Bertz CT molecular complexity index is 428. The standard InChI is InChI=1S/C12H13BrF3NO/c1-6(2)8(13)5-17-12(18)11-9(15)3-7(14)4-10(11)16/h3-4,6,8H,5H2,1-2H3,(H,17,18). The first-order chi connectivity index (χ1) is 8.32. The number of benzene rings is 1. The van der Waals surface area contributed by atoms with Crippen LogP contribution in [0.5, 0.6) is 0 Å². The zero-order valence-electron chi connectivity index (χ0n) is 9.94. The van der Waals surface area contributed by atoms with Crippen LogP contribution in [-0.2, 0) is 0 Å². The van der Waals surface area contributed by atoms with Gasteiger partial charge in [0.2, 0.25) is 0 Å². The lowest BCUT2D eigenvalue weighted by molar-refractivity contribution is 0.0944. The minimum atomic E-state index is -1.21. The molecule has 1 amide bonds. The molecule has 0 aromatic heterocycles. The number of carbonyl (C=O) groups is 1. The summed E-state index contributed by atoms with van der Waals surface area (Å²) >= 11 is 3.33. The third-order valence-electron chi connectivity index (χ3n) is 2.41. The van der Waals surface area contributed by atoms with Gasteiger partial charge in [-0.25, -0.2) is 13.2 Å². The Morgan fingerprint density at radius 1 is 1.28 bits per heavy atom. The van der Waals surface area contributed by atoms with E-state index in [4.69, 9.17) is 0 Å². The summed E-state index contributed by atoms with van der Waals surface area (Å²) in [6.45, 7) is 4.10. The van der Waals surface area contributed by atoms with Gasteiger partial charge in [0, 0.05) is 23.5 Å². The number of nitrogens with one attached hydrogen (secondary N) is 1. The summed E-state index contributed by atoms with van der Waals surface area (Å²) in [5, 5.41) is 2.39. The zero-order valence-corrected chi connectivity index (χ0v) is 11.5. The van der Waals surface area contributed by atoms with E-state index >= 15 is 0 Å². The topological polar surface area (TPSA) is 29.1 Å². The van der Waals surface area contributed by atoms with Crippen molar-refractivity contribution in [2.45, 2.75) is 18.7 Å². The van der Waals surface area contributed by atoms with E-state index in [2.05, 4.69) is 21.2 Å². The summed E-state index contributed by atoms with van der Waals surface area (Å²) in [5.74, 6) is -4.10. The molecule has 0 fully saturated rings. The van der Waals surface area contributed by atoms with Crippen LogP contribution in [0.2, 0.25) is 0 Å². The first-order valence-corrected chi connectivity index (χ1v) is 6.31. The van der Waals surface area contributed by atoms with E-state index in [1.54, 1.807) is 0 Å². The Labute approximate surface area is 112 Å². The van der Waals surface area contributed by atoms with Gasteiger partial charge in [-0.2, -0.15) is 0 Å². The molecule has 0 heterocycles. The van der Waals surface area contributed by atoms with Crippen LogP contribution >= 0.6 is 15.9 Å². The third-order valence-corrected chi connectivity index (χ3v) is 3.80. The van der Waals surface area contributed by atoms with Crippen molar-refractivity contribution in [1.82, 2.24) is 5.32 Å². The van der Waals surface area contributed by atoms with E-state index < -0.39 is 28.9 Å². The lowest BCUT2D eigenvalue weighted by Gasteiger charge is -2.14. The molecule has 0 aliphatic heterocycles. The molecule has 2 nitrogen and oxygen atoms in total. The van der Waals surface area contributed by atoms with Crippen molar-refractivity contribution in [1.29, 1.82) is 0 Å². The summed E-state index contributed by atoms with van der Waals surface area (Å²) in [6.07, 6.45) is 0. The van der Waals surface area contributed by atoms with Crippen molar-refractivity contribution in [2.75, 3.05) is 6.54 Å². The first-order valence-electron chi connectivity index (χ1n) is 5.39. The SMILES string of the molecule is CC(C)C(Br)CNC(=O)c1c(F)cc(F)cc1F. The lowest BCUT2D eigenvalue weighted by Crippen LogP contribution is -2.32. The quantitative estimate of drug-likeness (QED) is 0.847. The van der Waals surface area contributed by atoms with Crippen LogP contribution in [0.25, 0.3) is 0 Å². The van der Waals surface area contributed by atoms with Crippen LogP contribution in [0.3, 0.4) is 0 Å². The van der Waals surface area contributed by atoms with Gasteiger partial charge in [-0.1, -0.05) is 29.8 Å². The molecule has 18 heavy (non-hydrogen) atoms. The number of rotatable bonds is 4. The fourth-order valence-corrected chi connectivity index (χ4v) is 1.44. The van der Waals surface area contributed by atoms with E-state index in [0.29, 0.717) is 12.1 Å². The van der Waals surface area contributed by atoms with E-state index in [0.717, 1.165) is 0 Å². The van der Waals surface area contributed by atoms with Gasteiger partial charge in [0.1, 0.15) is 23.0 Å². The van der Waals surface area contributed by atoms with Crippen LogP contribution < -0.4 is 5.32 Å². The normalized spacial score (nSPS) is 12.6. The summed E-state index contributed by atoms with van der Waals surface area (Å²) < 4.78 is 39.3. The average Bonchev–Trinajstić information content (AvgIpc) is 2.24. The maximum atomic E-state index is 13.3. The highest BCUT2D eigenvalue weighted by Crippen LogP contribution is 2.15. The summed E-state index contributed by atoms with van der Waals surface area (Å²) in [7, 11) is 0. The smallest absolute Gasteiger partial charge is 0.257 e. The van der Waals surface area contributed by atoms with Crippen LogP contribution in [-0.4, -0.2) is 17.3 Å². The van der Waals surface area contributed by atoms with Gasteiger partial charge in [0.25, 0.3) is 5.91 Å². The molecule has 1 aromatic carbocycles. The van der Waals surface area contributed by atoms with Crippen LogP contribution in [0.1, 0.15) is 24.2 Å². The van der Waals surface area contributed by atoms with Crippen molar-refractivity contribution in [3.05, 3.63) is 35.1 Å². The summed E-state index contributed by atoms with van der Waals surface area (Å²) in [5.41, 5.74) is -0.764. The Morgan fingerprint density at radius 3 is 2.22 bits per heavy atom. The Morgan fingerprint density at radius 2 is 1.78 bits per heavy atom. The highest BCUT2D eigenvalue weighted by Gasteiger charge is 2.20. The van der Waals surface area contributed by atoms with Crippen molar-refractivity contribution >= 4 is 21.8 Å². The molecule has 0 bridgehead atoms. The predicted octanol–water partition coefficient (Wildman–Crippen LogP) is 3.25. The molecule has 0 aliphatic rings. The van der Waals surface area contributed by atoms with Gasteiger partial charge >= 0.3 is 0 Å². The van der Waals surface area contributed by atoms with Gasteiger partial charge < -0.3 is 5.32 Å². The van der Waals surface area contributed by atoms with Crippen LogP contribution in [0.15, 0.2) is 12.1 Å². The van der Waals surface area contributed by atoms with Gasteiger partial charge in [-0.05, 0) is 5.92 Å². The third kappa shape index (κ3) is 3.73. The van der Waals surface area contributed by atoms with E-state index in [-0.39, 0.29) is 17.3 Å². The fraction of sp³-hybridized carbons (Fsp3) is 0.417. The second-order valence-electron chi connectivity index (χ2n) is 4.21. The molecule has 6 heteroatoms. The predicted molar refractivity (Wildman–Crippen MR) is 66.2 cm³/mol. The van der Waals surface area contributed by atoms with Crippen LogP contribution in [0, 0.1) is 23.4 Å². The number of alkyl halides is 1. The van der Waals surface area contributed by atoms with E-state index in [1.807, 2.05) is 13.8 Å². The highest BCUT2D eigenvalue weighted by atomic mass is 79.9. The molecule has 0 aliphatic carbocycles. The van der Waals surface area contributed by atoms with E-state index in [9.17, 15) is 18.0 Å². The fourth-order valence-electron chi connectivity index (χ4n) is 1.27. The molecule has 0 radical (unpaired) electrons. The van der Waals surface area contributed by atoms with Crippen molar-refractivity contribution < 1.29 is 18.0 Å². The van der Waals surface area contributed by atoms with Gasteiger partial charge in [0.15, 0.2) is 0 Å². The van der Waals surface area contributed by atoms with Gasteiger partial charge in [-0.15, -0.1) is 0 Å². The molecule has 1 aromatic rings. The number of halogens is 4. The van der Waals surface area contributed by atoms with Gasteiger partial charge in [-0.3, -0.25) is 4.79 Å². The summed E-state index contributed by atoms with van der Waals surface area (Å²) in [6, 6.07) is 0.956. The summed E-state index contributed by atoms with van der Waals surface area (Å²) in [4.78, 5) is 11.6. The largest absolute Gasteiger partial charge is 0.351 e. The van der Waals surface area contributed by atoms with Crippen molar-refractivity contribution in [3.8, 4) is 0 Å². The first kappa shape index (κ1) is 15.0. The maximum absolute atomic E-state index is 13.3. The molecular weight excluding hydrogens is 311 g/mol. The number of amides is 1.